The smallest absolute Gasteiger partial charge is 0.252 e. The van der Waals surface area contributed by atoms with Gasteiger partial charge in [0.25, 0.3) is 6.71 Å². The quantitative estimate of drug-likeness (QED) is 0.0746. The van der Waals surface area contributed by atoms with Gasteiger partial charge in [-0.3, -0.25) is 0 Å². The Bertz CT molecular complexity index is 4770. The van der Waals surface area contributed by atoms with E-state index in [1.54, 1.807) is 0 Å². The number of fused-ring (bicyclic) bond motifs is 8. The number of halogens is 4. The van der Waals surface area contributed by atoms with Gasteiger partial charge in [-0.05, 0) is 330 Å². The van der Waals surface area contributed by atoms with Crippen molar-refractivity contribution in [2.24, 2.45) is 0 Å². The fraction of sp³-hybridized carbons (Fsp3) is 0.100. The molecule has 92 heavy (non-hydrogen) atoms. The van der Waals surface area contributed by atoms with Crippen LogP contribution >= 0.6 is 102 Å². The average molecular weight is 1650 g/mol. The van der Waals surface area contributed by atoms with Gasteiger partial charge in [0, 0.05) is 104 Å². The predicted octanol–water partition coefficient (Wildman–Crippen LogP) is 20.6. The molecule has 0 aliphatic carbocycles. The molecule has 446 valence electrons. The SMILES string of the molecule is CCCCc1ccc(N(c2ccc(I)cc2)c2cc3c4c(c2)N(c2ccc(I)cc2)c2cc5c(cc2B4c2ccccc2S3)B2c3ccccc3N(c3ccccc3)c3cc(N(c4ccc(I)cc4)c4ccc(CCCC)cc4)cc(c32)N5c2ccc(I)cc2)cc1. The molecule has 0 radical (unpaired) electrons. The maximum absolute atomic E-state index is 2.65. The predicted molar refractivity (Wildman–Crippen MR) is 428 cm³/mol. The van der Waals surface area contributed by atoms with Crippen molar-refractivity contribution in [1.82, 2.24) is 0 Å². The number of para-hydroxylation sites is 2. The zero-order valence-electron chi connectivity index (χ0n) is 50.9. The van der Waals surface area contributed by atoms with Crippen LogP contribution in [0.5, 0.6) is 0 Å². The van der Waals surface area contributed by atoms with Gasteiger partial charge in [-0.1, -0.05) is 129 Å². The molecule has 0 aromatic heterocycles. The molecule has 12 aromatic rings. The van der Waals surface area contributed by atoms with Crippen molar-refractivity contribution >= 4 is 234 Å². The topological polar surface area (TPSA) is 16.2 Å². The zero-order chi connectivity index (χ0) is 62.1. The molecule has 12 aromatic carbocycles. The second-order valence-corrected chi connectivity index (χ2v) is 30.3. The van der Waals surface area contributed by atoms with Gasteiger partial charge < -0.3 is 24.5 Å². The van der Waals surface area contributed by atoms with Gasteiger partial charge in [-0.25, -0.2) is 0 Å². The van der Waals surface area contributed by atoms with E-state index in [4.69, 9.17) is 0 Å². The molecule has 0 amide bonds. The van der Waals surface area contributed by atoms with Crippen LogP contribution in [-0.2, 0) is 12.8 Å². The molecule has 16 rings (SSSR count). The Labute approximate surface area is 600 Å². The third-order valence-corrected chi connectivity index (χ3v) is 22.7. The van der Waals surface area contributed by atoms with Crippen molar-refractivity contribution < 1.29 is 0 Å². The normalized spacial score (nSPS) is 13.0. The van der Waals surface area contributed by atoms with Crippen molar-refractivity contribution in [2.75, 3.05) is 24.5 Å². The van der Waals surface area contributed by atoms with Crippen LogP contribution in [0.1, 0.15) is 50.7 Å². The minimum Gasteiger partial charge on any atom is -0.311 e. The molecule has 0 saturated heterocycles. The lowest BCUT2D eigenvalue weighted by Crippen LogP contribution is -2.64. The van der Waals surface area contributed by atoms with Crippen LogP contribution in [0.25, 0.3) is 0 Å². The summed E-state index contributed by atoms with van der Waals surface area (Å²) in [6.45, 7) is 4.35. The van der Waals surface area contributed by atoms with Gasteiger partial charge in [0.2, 0.25) is 6.71 Å². The summed E-state index contributed by atoms with van der Waals surface area (Å²) < 4.78 is 4.78. The van der Waals surface area contributed by atoms with E-state index in [0.717, 1.165) is 93.9 Å². The van der Waals surface area contributed by atoms with Crippen LogP contribution in [0.2, 0.25) is 0 Å². The van der Waals surface area contributed by atoms with Crippen molar-refractivity contribution in [2.45, 2.75) is 62.2 Å². The molecule has 5 nitrogen and oxygen atoms in total. The first-order valence-electron chi connectivity index (χ1n) is 31.8. The lowest BCUT2D eigenvalue weighted by Gasteiger charge is -2.47. The van der Waals surface area contributed by atoms with Crippen LogP contribution in [0, 0.1) is 14.3 Å². The molecular weight excluding hydrogens is 1590 g/mol. The van der Waals surface area contributed by atoms with Gasteiger partial charge >= 0.3 is 0 Å². The summed E-state index contributed by atoms with van der Waals surface area (Å²) in [6, 6.07) is 99.8. The highest BCUT2D eigenvalue weighted by molar-refractivity contribution is 14.1. The molecule has 0 N–H and O–H groups in total. The molecule has 0 bridgehead atoms. The molecule has 4 heterocycles. The number of rotatable bonds is 15. The van der Waals surface area contributed by atoms with Gasteiger partial charge in [-0.2, -0.15) is 0 Å². The largest absolute Gasteiger partial charge is 0.311 e. The van der Waals surface area contributed by atoms with Crippen LogP contribution in [0.4, 0.5) is 85.3 Å². The monoisotopic (exact) mass is 1650 g/mol. The van der Waals surface area contributed by atoms with E-state index in [9.17, 15) is 0 Å². The van der Waals surface area contributed by atoms with Crippen molar-refractivity contribution in [3.05, 3.63) is 286 Å². The second-order valence-electron chi connectivity index (χ2n) is 24.3. The number of hydrogen-bond donors (Lipinski definition) is 0. The van der Waals surface area contributed by atoms with E-state index in [-0.39, 0.29) is 13.4 Å². The number of aryl methyl sites for hydroxylation is 2. The lowest BCUT2D eigenvalue weighted by molar-refractivity contribution is 0.795. The summed E-state index contributed by atoms with van der Waals surface area (Å²) in [5, 5.41) is 0. The highest BCUT2D eigenvalue weighted by Gasteiger charge is 2.48. The van der Waals surface area contributed by atoms with E-state index >= 15 is 0 Å². The van der Waals surface area contributed by atoms with Gasteiger partial charge in [0.1, 0.15) is 0 Å². The van der Waals surface area contributed by atoms with Crippen LogP contribution in [-0.4, -0.2) is 13.4 Å². The third-order valence-electron chi connectivity index (χ3n) is 18.6. The minimum atomic E-state index is -0.130. The van der Waals surface area contributed by atoms with Crippen molar-refractivity contribution in [3.63, 3.8) is 0 Å². The van der Waals surface area contributed by atoms with Crippen LogP contribution in [0.3, 0.4) is 0 Å². The van der Waals surface area contributed by atoms with Gasteiger partial charge in [0.05, 0.1) is 5.69 Å². The number of unbranched alkanes of at least 4 members (excludes halogenated alkanes) is 2. The molecule has 4 aliphatic heterocycles. The Kier molecular flexibility index (Phi) is 16.6. The summed E-state index contributed by atoms with van der Waals surface area (Å²) in [5.74, 6) is 0. The molecule has 0 spiro atoms. The zero-order valence-corrected chi connectivity index (χ0v) is 60.3. The van der Waals surface area contributed by atoms with E-state index in [0.29, 0.717) is 0 Å². The van der Waals surface area contributed by atoms with Crippen molar-refractivity contribution in [3.8, 4) is 0 Å². The second kappa shape index (κ2) is 25.4. The summed E-state index contributed by atoms with van der Waals surface area (Å²) in [6.07, 6.45) is 6.80. The molecule has 0 unspecified atom stereocenters. The van der Waals surface area contributed by atoms with E-state index < -0.39 is 0 Å². The van der Waals surface area contributed by atoms with E-state index in [1.807, 2.05) is 11.8 Å². The highest BCUT2D eigenvalue weighted by atomic mass is 127. The number of anilines is 15. The summed E-state index contributed by atoms with van der Waals surface area (Å²) >= 11 is 11.7. The number of nitrogens with zero attached hydrogens (tertiary/aromatic N) is 5. The summed E-state index contributed by atoms with van der Waals surface area (Å²) in [4.78, 5) is 15.3. The Morgan fingerprint density at radius 2 is 0.707 bits per heavy atom. The fourth-order valence-corrected chi connectivity index (χ4v) is 17.1. The molecule has 0 atom stereocenters. The Hall–Kier alpha value is -6.96. The van der Waals surface area contributed by atoms with Crippen LogP contribution in [0.15, 0.2) is 271 Å². The highest BCUT2D eigenvalue weighted by Crippen LogP contribution is 2.52. The Morgan fingerprint density at radius 3 is 1.21 bits per heavy atom. The fourth-order valence-electron chi connectivity index (χ4n) is 14.4. The average Bonchev–Trinajstić information content (AvgIpc) is 0.690. The summed E-state index contributed by atoms with van der Waals surface area (Å²) in [7, 11) is 0. The first-order chi connectivity index (χ1) is 45.2. The van der Waals surface area contributed by atoms with E-state index in [1.165, 1.54) is 97.9 Å². The van der Waals surface area contributed by atoms with Gasteiger partial charge in [0.15, 0.2) is 0 Å². The van der Waals surface area contributed by atoms with E-state index in [2.05, 4.69) is 390 Å². The standard InChI is InChI=1S/C80H61B2I4N5S/c1-3-5-14-52-22-34-59(35-23-52)87(61-38-26-54(83)27-39-61)65-46-74-79-75(47-65)90(63-42-30-56(85)31-43-63)72-51-73-70(50-69(72)81(79)67-18-10-12-20-71(67)89(74)58-16-8-7-9-17-58)82-68-19-11-13-21-77(68)92-78-49-66(48-76(80(78)82)91(73)64-44-32-57(86)33-45-64)88(62-40-28-55(84)29-41-62)60-36-24-53(25-37-60)15-6-4-2/h7-13,16-51H,3-6,14-15H2,1-2H3. The van der Waals surface area contributed by atoms with Crippen molar-refractivity contribution in [1.29, 1.82) is 0 Å². The maximum atomic E-state index is 2.65. The van der Waals surface area contributed by atoms with Gasteiger partial charge in [-0.15, -0.1) is 0 Å². The molecule has 4 aliphatic rings. The lowest BCUT2D eigenvalue weighted by atomic mass is 9.30. The minimum absolute atomic E-state index is 0.0676. The Morgan fingerprint density at radius 1 is 0.315 bits per heavy atom. The maximum Gasteiger partial charge on any atom is 0.252 e. The number of benzene rings is 12. The molecular formula is C80H61B2I4N5S. The van der Waals surface area contributed by atoms with Crippen LogP contribution < -0.4 is 57.3 Å². The first-order valence-corrected chi connectivity index (χ1v) is 37.0. The summed E-state index contributed by atoms with van der Waals surface area (Å²) in [5.41, 5.74) is 27.6. The number of hydrogen-bond acceptors (Lipinski definition) is 6. The Balaban J connectivity index is 0.988. The third kappa shape index (κ3) is 10.8. The molecule has 12 heteroatoms. The molecule has 0 fully saturated rings. The molecule has 0 saturated carbocycles. The first kappa shape index (κ1) is 60.0.